The second-order valence-electron chi connectivity index (χ2n) is 1.67. The van der Waals surface area contributed by atoms with Crippen LogP contribution in [0.3, 0.4) is 0 Å². The van der Waals surface area contributed by atoms with Gasteiger partial charge < -0.3 is 5.11 Å². The molecule has 0 aromatic rings. The molecule has 0 spiro atoms. The lowest BCUT2D eigenvalue weighted by Gasteiger charge is -2.19. The normalized spacial score (nSPS) is 19.0. The van der Waals surface area contributed by atoms with Crippen LogP contribution in [-0.2, 0) is 0 Å². The van der Waals surface area contributed by atoms with Crippen LogP contribution in [0, 0.1) is 0 Å². The van der Waals surface area contributed by atoms with Crippen LogP contribution in [-0.4, -0.2) is 22.7 Å². The molecule has 1 rings (SSSR count). The van der Waals surface area contributed by atoms with Gasteiger partial charge in [0.15, 0.2) is 5.88 Å². The molecule has 4 N–H and O–H groups in total. The fourth-order valence-electron chi connectivity index (χ4n) is 0.500. The number of hydrazine groups is 1. The molecule has 0 aromatic carbocycles. The minimum atomic E-state index is -0.491. The Hall–Kier alpha value is -1.23. The molecule has 0 bridgehead atoms. The van der Waals surface area contributed by atoms with Crippen LogP contribution in [0.25, 0.3) is 0 Å². The predicted octanol–water partition coefficient (Wildman–Crippen LogP) is -0.715. The van der Waals surface area contributed by atoms with Gasteiger partial charge in [0.25, 0.3) is 0 Å². The molecule has 0 radical (unpaired) electrons. The van der Waals surface area contributed by atoms with Gasteiger partial charge >= 0.3 is 6.03 Å². The van der Waals surface area contributed by atoms with Crippen LogP contribution in [0.4, 0.5) is 4.79 Å². The maximum Gasteiger partial charge on any atom is 0.338 e. The second-order valence-corrected chi connectivity index (χ2v) is 1.67. The van der Waals surface area contributed by atoms with E-state index in [4.69, 9.17) is 10.9 Å². The number of carbonyl (C=O) groups is 1. The van der Waals surface area contributed by atoms with E-state index in [0.29, 0.717) is 0 Å². The lowest BCUT2D eigenvalue weighted by molar-refractivity contribution is 0.193. The van der Waals surface area contributed by atoms with Crippen LogP contribution in [0.15, 0.2) is 12.0 Å². The molecular weight excluding hydrogens is 122 g/mol. The Morgan fingerprint density at radius 3 is 3.00 bits per heavy atom. The minimum absolute atomic E-state index is 0.137. The first kappa shape index (κ1) is 5.90. The molecule has 1 heterocycles. The van der Waals surface area contributed by atoms with Gasteiger partial charge in [0.1, 0.15) is 0 Å². The summed E-state index contributed by atoms with van der Waals surface area (Å²) in [4.78, 5) is 10.5. The van der Waals surface area contributed by atoms with E-state index in [0.717, 1.165) is 5.01 Å². The number of hydrogen-bond donors (Lipinski definition) is 3. The van der Waals surface area contributed by atoms with Crippen molar-refractivity contribution in [2.75, 3.05) is 6.54 Å². The van der Waals surface area contributed by atoms with Gasteiger partial charge in [-0.1, -0.05) is 0 Å². The monoisotopic (exact) mass is 129 g/mol. The van der Waals surface area contributed by atoms with Crippen molar-refractivity contribution in [3.8, 4) is 0 Å². The summed E-state index contributed by atoms with van der Waals surface area (Å²) in [5, 5.41) is 11.7. The van der Waals surface area contributed by atoms with Crippen LogP contribution >= 0.6 is 0 Å². The van der Waals surface area contributed by atoms with E-state index >= 15 is 0 Å². The average molecular weight is 129 g/mol. The number of carbonyl (C=O) groups excluding carboxylic acids is 1. The molecule has 0 fully saturated rings. The Bertz CT molecular complexity index is 165. The topological polar surface area (TPSA) is 78.6 Å². The molecule has 5 nitrogen and oxygen atoms in total. The van der Waals surface area contributed by atoms with Crippen molar-refractivity contribution in [1.29, 1.82) is 0 Å². The molecule has 2 amide bonds. The summed E-state index contributed by atoms with van der Waals surface area (Å²) < 4.78 is 0. The lowest BCUT2D eigenvalue weighted by atomic mass is 10.5. The number of nitrogens with zero attached hydrogens (tertiary/aromatic N) is 1. The summed E-state index contributed by atoms with van der Waals surface area (Å²) in [5.41, 5.74) is 0. The summed E-state index contributed by atoms with van der Waals surface area (Å²) in [7, 11) is 0. The Kier molecular flexibility index (Phi) is 1.27. The van der Waals surface area contributed by atoms with E-state index < -0.39 is 6.03 Å². The predicted molar refractivity (Wildman–Crippen MR) is 30.1 cm³/mol. The first-order valence-corrected chi connectivity index (χ1v) is 2.42. The molecule has 0 aromatic heterocycles. The quantitative estimate of drug-likeness (QED) is 0.298. The summed E-state index contributed by atoms with van der Waals surface area (Å²) in [5.74, 6) is 4.97. The minimum Gasteiger partial charge on any atom is -0.495 e. The molecule has 1 aliphatic heterocycles. The van der Waals surface area contributed by atoms with Crippen molar-refractivity contribution < 1.29 is 9.90 Å². The van der Waals surface area contributed by atoms with E-state index in [-0.39, 0.29) is 12.4 Å². The van der Waals surface area contributed by atoms with Gasteiger partial charge in [-0.25, -0.2) is 10.6 Å². The van der Waals surface area contributed by atoms with Crippen LogP contribution in [0.1, 0.15) is 0 Å². The average Bonchev–Trinajstić information content (AvgIpc) is 1.80. The van der Waals surface area contributed by atoms with E-state index in [1.807, 2.05) is 0 Å². The van der Waals surface area contributed by atoms with Gasteiger partial charge in [0.2, 0.25) is 0 Å². The van der Waals surface area contributed by atoms with Crippen molar-refractivity contribution in [1.82, 2.24) is 10.3 Å². The molecule has 0 unspecified atom stereocenters. The largest absolute Gasteiger partial charge is 0.495 e. The van der Waals surface area contributed by atoms with Gasteiger partial charge in [-0.3, -0.25) is 10.3 Å². The summed E-state index contributed by atoms with van der Waals surface area (Å²) in [6.07, 6.45) is 1.40. The highest BCUT2D eigenvalue weighted by Gasteiger charge is 2.13. The molecule has 0 saturated heterocycles. The number of aliphatic hydroxyl groups excluding tert-OH is 1. The lowest BCUT2D eigenvalue weighted by Crippen LogP contribution is -2.47. The molecule has 50 valence electrons. The fraction of sp³-hybridized carbons (Fsp3) is 0.250. The molecule has 0 atom stereocenters. The smallest absolute Gasteiger partial charge is 0.338 e. The zero-order valence-corrected chi connectivity index (χ0v) is 4.66. The third-order valence-electron chi connectivity index (χ3n) is 0.977. The highest BCUT2D eigenvalue weighted by atomic mass is 16.3. The molecule has 1 aliphatic rings. The van der Waals surface area contributed by atoms with Crippen LogP contribution in [0.5, 0.6) is 0 Å². The standard InChI is InChI=1S/C4H7N3O2/c5-7-2-1-3(8)6-4(7)9/h1,8H,2,5H2,(H,6,9). The van der Waals surface area contributed by atoms with E-state index in [9.17, 15) is 4.79 Å². The third-order valence-corrected chi connectivity index (χ3v) is 0.977. The molecular formula is C4H7N3O2. The SMILES string of the molecule is NN1CC=C(O)NC1=O. The van der Waals surface area contributed by atoms with Crippen LogP contribution < -0.4 is 11.2 Å². The maximum absolute atomic E-state index is 10.5. The molecule has 0 aliphatic carbocycles. The van der Waals surface area contributed by atoms with Crippen molar-refractivity contribution in [3.63, 3.8) is 0 Å². The first-order chi connectivity index (χ1) is 4.20. The van der Waals surface area contributed by atoms with Crippen molar-refractivity contribution in [2.24, 2.45) is 5.84 Å². The van der Waals surface area contributed by atoms with Crippen molar-refractivity contribution in [3.05, 3.63) is 12.0 Å². The number of urea groups is 1. The zero-order chi connectivity index (χ0) is 6.85. The summed E-state index contributed by atoms with van der Waals surface area (Å²) in [6, 6.07) is -0.491. The van der Waals surface area contributed by atoms with Gasteiger partial charge in [-0.2, -0.15) is 0 Å². The van der Waals surface area contributed by atoms with Crippen molar-refractivity contribution >= 4 is 6.03 Å². The van der Waals surface area contributed by atoms with E-state index in [2.05, 4.69) is 5.32 Å². The van der Waals surface area contributed by atoms with Crippen LogP contribution in [0.2, 0.25) is 0 Å². The van der Waals surface area contributed by atoms with Gasteiger partial charge in [-0.05, 0) is 6.08 Å². The maximum atomic E-state index is 10.5. The number of nitrogens with one attached hydrogen (secondary N) is 1. The Morgan fingerprint density at radius 1 is 1.89 bits per heavy atom. The first-order valence-electron chi connectivity index (χ1n) is 2.42. The highest BCUT2D eigenvalue weighted by Crippen LogP contribution is 1.93. The number of rotatable bonds is 0. The third kappa shape index (κ3) is 1.11. The number of aliphatic hydroxyl groups is 1. The molecule has 0 saturated carbocycles. The van der Waals surface area contributed by atoms with Gasteiger partial charge in [-0.15, -0.1) is 0 Å². The molecule has 9 heavy (non-hydrogen) atoms. The van der Waals surface area contributed by atoms with Gasteiger partial charge in [0.05, 0.1) is 6.54 Å². The second kappa shape index (κ2) is 1.94. The van der Waals surface area contributed by atoms with E-state index in [1.165, 1.54) is 6.08 Å². The fourth-order valence-corrected chi connectivity index (χ4v) is 0.500. The summed E-state index contributed by atoms with van der Waals surface area (Å²) in [6.45, 7) is 0.248. The Morgan fingerprint density at radius 2 is 2.56 bits per heavy atom. The zero-order valence-electron chi connectivity index (χ0n) is 4.66. The molecule has 5 heteroatoms. The number of nitrogens with two attached hydrogens (primary N) is 1. The number of amides is 2. The summed E-state index contributed by atoms with van der Waals surface area (Å²) >= 11 is 0. The Balaban J connectivity index is 2.65. The van der Waals surface area contributed by atoms with E-state index in [1.54, 1.807) is 0 Å². The van der Waals surface area contributed by atoms with Gasteiger partial charge in [0, 0.05) is 0 Å². The Labute approximate surface area is 51.7 Å². The highest BCUT2D eigenvalue weighted by molar-refractivity contribution is 5.76. The number of hydrogen-bond acceptors (Lipinski definition) is 3. The van der Waals surface area contributed by atoms with Crippen molar-refractivity contribution in [2.45, 2.75) is 0 Å².